The Kier molecular flexibility index (Phi) is 6.44. The number of amides is 1. The second-order valence-electron chi connectivity index (χ2n) is 4.79. The Morgan fingerprint density at radius 2 is 2.00 bits per heavy atom. The molecule has 4 heteroatoms. The first-order valence-corrected chi connectivity index (χ1v) is 6.16. The quantitative estimate of drug-likeness (QED) is 0.724. The standard InChI is InChI=1S/C11H22BrNO2/c1-9(12)6-7-13(5)10(14)8-15-11(2,3)4/h9H,6-8H2,1-5H3. The van der Waals surface area contributed by atoms with Crippen LogP contribution in [0.3, 0.4) is 0 Å². The Balaban J connectivity index is 3.80. The maximum absolute atomic E-state index is 11.6. The third kappa shape index (κ3) is 8.88. The highest BCUT2D eigenvalue weighted by Crippen LogP contribution is 2.07. The van der Waals surface area contributed by atoms with Crippen LogP contribution in [0.15, 0.2) is 0 Å². The molecule has 0 N–H and O–H groups in total. The zero-order chi connectivity index (χ0) is 12.1. The molecule has 90 valence electrons. The van der Waals surface area contributed by atoms with Crippen molar-refractivity contribution in [2.45, 2.75) is 44.5 Å². The van der Waals surface area contributed by atoms with Crippen molar-refractivity contribution >= 4 is 21.8 Å². The molecule has 0 aromatic carbocycles. The lowest BCUT2D eigenvalue weighted by molar-refractivity contribution is -0.139. The lowest BCUT2D eigenvalue weighted by Crippen LogP contribution is -2.34. The molecule has 0 bridgehead atoms. The molecule has 0 aliphatic carbocycles. The minimum Gasteiger partial charge on any atom is -0.366 e. The van der Waals surface area contributed by atoms with E-state index in [0.29, 0.717) is 4.83 Å². The van der Waals surface area contributed by atoms with Crippen LogP contribution in [0.25, 0.3) is 0 Å². The van der Waals surface area contributed by atoms with E-state index in [1.165, 1.54) is 0 Å². The van der Waals surface area contributed by atoms with Crippen LogP contribution >= 0.6 is 15.9 Å². The van der Waals surface area contributed by atoms with E-state index in [1.807, 2.05) is 27.8 Å². The van der Waals surface area contributed by atoms with Crippen LogP contribution < -0.4 is 0 Å². The lowest BCUT2D eigenvalue weighted by Gasteiger charge is -2.22. The molecule has 1 amide bonds. The van der Waals surface area contributed by atoms with Gasteiger partial charge in [-0.15, -0.1) is 0 Å². The number of nitrogens with zero attached hydrogens (tertiary/aromatic N) is 1. The summed E-state index contributed by atoms with van der Waals surface area (Å²) in [7, 11) is 1.81. The van der Waals surface area contributed by atoms with Gasteiger partial charge in [-0.3, -0.25) is 4.79 Å². The molecule has 0 aromatic heterocycles. The topological polar surface area (TPSA) is 29.5 Å². The van der Waals surface area contributed by atoms with E-state index in [9.17, 15) is 4.79 Å². The van der Waals surface area contributed by atoms with Crippen molar-refractivity contribution in [2.24, 2.45) is 0 Å². The van der Waals surface area contributed by atoms with Gasteiger partial charge in [0.05, 0.1) is 5.60 Å². The Morgan fingerprint density at radius 3 is 2.40 bits per heavy atom. The van der Waals surface area contributed by atoms with Gasteiger partial charge < -0.3 is 9.64 Å². The number of hydrogen-bond acceptors (Lipinski definition) is 2. The average molecular weight is 280 g/mol. The Labute approximate surface area is 101 Å². The zero-order valence-electron chi connectivity index (χ0n) is 10.3. The van der Waals surface area contributed by atoms with E-state index >= 15 is 0 Å². The molecule has 0 saturated heterocycles. The predicted octanol–water partition coefficient (Wildman–Crippen LogP) is 2.43. The maximum Gasteiger partial charge on any atom is 0.248 e. The molecule has 3 nitrogen and oxygen atoms in total. The van der Waals surface area contributed by atoms with Crippen LogP contribution in [-0.2, 0) is 9.53 Å². The number of carbonyl (C=O) groups excluding carboxylic acids is 1. The van der Waals surface area contributed by atoms with E-state index in [2.05, 4.69) is 22.9 Å². The van der Waals surface area contributed by atoms with Crippen molar-refractivity contribution in [2.75, 3.05) is 20.2 Å². The van der Waals surface area contributed by atoms with E-state index in [4.69, 9.17) is 4.74 Å². The summed E-state index contributed by atoms with van der Waals surface area (Å²) < 4.78 is 5.42. The van der Waals surface area contributed by atoms with Gasteiger partial charge in [-0.1, -0.05) is 22.9 Å². The van der Waals surface area contributed by atoms with Gasteiger partial charge in [0.25, 0.3) is 0 Å². The van der Waals surface area contributed by atoms with Crippen molar-refractivity contribution in [3.8, 4) is 0 Å². The monoisotopic (exact) mass is 279 g/mol. The normalized spacial score (nSPS) is 13.7. The van der Waals surface area contributed by atoms with Gasteiger partial charge in [-0.2, -0.15) is 0 Å². The number of alkyl halides is 1. The molecule has 15 heavy (non-hydrogen) atoms. The van der Waals surface area contributed by atoms with Crippen molar-refractivity contribution in [3.05, 3.63) is 0 Å². The van der Waals surface area contributed by atoms with Crippen molar-refractivity contribution in [3.63, 3.8) is 0 Å². The van der Waals surface area contributed by atoms with Gasteiger partial charge in [0.2, 0.25) is 5.91 Å². The average Bonchev–Trinajstić information content (AvgIpc) is 2.08. The smallest absolute Gasteiger partial charge is 0.248 e. The van der Waals surface area contributed by atoms with Gasteiger partial charge in [-0.05, 0) is 27.2 Å². The van der Waals surface area contributed by atoms with Gasteiger partial charge >= 0.3 is 0 Å². The summed E-state index contributed by atoms with van der Waals surface area (Å²) >= 11 is 3.45. The second kappa shape index (κ2) is 6.48. The number of hydrogen-bond donors (Lipinski definition) is 0. The fourth-order valence-electron chi connectivity index (χ4n) is 0.885. The second-order valence-corrected chi connectivity index (χ2v) is 6.35. The number of halogens is 1. The molecule has 0 rings (SSSR count). The summed E-state index contributed by atoms with van der Waals surface area (Å²) in [6.07, 6.45) is 0.956. The van der Waals surface area contributed by atoms with E-state index in [1.54, 1.807) is 4.90 Å². The number of ether oxygens (including phenoxy) is 1. The molecule has 0 aliphatic rings. The summed E-state index contributed by atoms with van der Waals surface area (Å²) in [6.45, 7) is 8.84. The molecule has 1 unspecified atom stereocenters. The van der Waals surface area contributed by atoms with Crippen LogP contribution in [0.2, 0.25) is 0 Å². The highest BCUT2D eigenvalue weighted by molar-refractivity contribution is 9.09. The van der Waals surface area contributed by atoms with Crippen molar-refractivity contribution in [1.82, 2.24) is 4.90 Å². The van der Waals surface area contributed by atoms with Crippen LogP contribution in [0.5, 0.6) is 0 Å². The first-order chi connectivity index (χ1) is 6.72. The Hall–Kier alpha value is -0.0900. The molecule has 0 heterocycles. The summed E-state index contributed by atoms with van der Waals surface area (Å²) in [5.74, 6) is 0.0399. The number of rotatable bonds is 5. The van der Waals surface area contributed by atoms with Gasteiger partial charge in [-0.25, -0.2) is 0 Å². The largest absolute Gasteiger partial charge is 0.366 e. The molecule has 0 saturated carbocycles. The number of carbonyl (C=O) groups is 1. The summed E-state index contributed by atoms with van der Waals surface area (Å²) in [5, 5.41) is 0. The fourth-order valence-corrected chi connectivity index (χ4v) is 1.09. The van der Waals surface area contributed by atoms with Gasteiger partial charge in [0.15, 0.2) is 0 Å². The van der Waals surface area contributed by atoms with Crippen molar-refractivity contribution < 1.29 is 9.53 Å². The zero-order valence-corrected chi connectivity index (χ0v) is 11.9. The van der Waals surface area contributed by atoms with E-state index < -0.39 is 0 Å². The van der Waals surface area contributed by atoms with Gasteiger partial charge in [0, 0.05) is 18.4 Å². The summed E-state index contributed by atoms with van der Waals surface area (Å²) in [4.78, 5) is 13.7. The summed E-state index contributed by atoms with van der Waals surface area (Å²) in [6, 6.07) is 0. The number of likely N-dealkylation sites (N-methyl/N-ethyl adjacent to an activating group) is 1. The SMILES string of the molecule is CC(Br)CCN(C)C(=O)COC(C)(C)C. The molecule has 0 fully saturated rings. The third-order valence-corrected chi connectivity index (χ3v) is 2.37. The molecule has 0 spiro atoms. The molecular weight excluding hydrogens is 258 g/mol. The predicted molar refractivity (Wildman–Crippen MR) is 66.3 cm³/mol. The first-order valence-electron chi connectivity index (χ1n) is 5.24. The van der Waals surface area contributed by atoms with Gasteiger partial charge in [0.1, 0.15) is 6.61 Å². The van der Waals surface area contributed by atoms with E-state index in [0.717, 1.165) is 13.0 Å². The molecule has 0 aromatic rings. The highest BCUT2D eigenvalue weighted by Gasteiger charge is 2.15. The van der Waals surface area contributed by atoms with E-state index in [-0.39, 0.29) is 18.1 Å². The van der Waals surface area contributed by atoms with Crippen LogP contribution in [0.1, 0.15) is 34.1 Å². The van der Waals surface area contributed by atoms with Crippen LogP contribution in [-0.4, -0.2) is 41.4 Å². The molecule has 0 aliphatic heterocycles. The first kappa shape index (κ1) is 14.9. The fraction of sp³-hybridized carbons (Fsp3) is 0.909. The lowest BCUT2D eigenvalue weighted by atomic mass is 10.2. The van der Waals surface area contributed by atoms with Crippen LogP contribution in [0.4, 0.5) is 0 Å². The van der Waals surface area contributed by atoms with Crippen molar-refractivity contribution in [1.29, 1.82) is 0 Å². The Bertz CT molecular complexity index is 199. The minimum absolute atomic E-state index is 0.0399. The molecular formula is C11H22BrNO2. The minimum atomic E-state index is -0.251. The third-order valence-electron chi connectivity index (χ3n) is 1.92. The molecule has 1 atom stereocenters. The Morgan fingerprint density at radius 1 is 1.47 bits per heavy atom. The maximum atomic E-state index is 11.6. The highest BCUT2D eigenvalue weighted by atomic mass is 79.9. The van der Waals surface area contributed by atoms with Crippen LogP contribution in [0, 0.1) is 0 Å². The summed E-state index contributed by atoms with van der Waals surface area (Å²) in [5.41, 5.74) is -0.251. The molecule has 0 radical (unpaired) electrons.